The fraction of sp³-hybridized carbons (Fsp3) is 0.786. The molecule has 0 atom stereocenters. The first-order chi connectivity index (χ1) is 9.58. The Labute approximate surface area is 128 Å². The number of nitrogens with one attached hydrogen (secondary N) is 2. The van der Waals surface area contributed by atoms with E-state index in [2.05, 4.69) is 22.1 Å². The number of aryl methyl sites for hydroxylation is 1. The number of hydrogen-bond donors (Lipinski definition) is 2. The van der Waals surface area contributed by atoms with Crippen molar-refractivity contribution in [3.8, 4) is 0 Å². The standard InChI is InChI=1S/C14H28N4O2S/c1-7-8-15-9-10-18-12(3)13(11(2)16-18)21(19,20)17-14(4,5)6/h15,17H,7-10H2,1-6H3. The highest BCUT2D eigenvalue weighted by atomic mass is 32.2. The first kappa shape index (κ1) is 18.1. The van der Waals surface area contributed by atoms with Crippen molar-refractivity contribution in [1.82, 2.24) is 19.8 Å². The van der Waals surface area contributed by atoms with Gasteiger partial charge < -0.3 is 5.32 Å². The van der Waals surface area contributed by atoms with Crippen molar-refractivity contribution in [2.24, 2.45) is 0 Å². The molecule has 0 aliphatic carbocycles. The zero-order chi connectivity index (χ0) is 16.3. The molecule has 122 valence electrons. The lowest BCUT2D eigenvalue weighted by Gasteiger charge is -2.20. The molecule has 0 unspecified atom stereocenters. The van der Waals surface area contributed by atoms with E-state index in [4.69, 9.17) is 0 Å². The van der Waals surface area contributed by atoms with Crippen LogP contribution >= 0.6 is 0 Å². The fourth-order valence-corrected chi connectivity index (χ4v) is 4.06. The highest BCUT2D eigenvalue weighted by Crippen LogP contribution is 2.20. The van der Waals surface area contributed by atoms with Gasteiger partial charge in [-0.15, -0.1) is 0 Å². The maximum atomic E-state index is 12.5. The molecule has 0 fully saturated rings. The second-order valence-corrected chi connectivity index (χ2v) is 7.95. The molecule has 6 nitrogen and oxygen atoms in total. The Morgan fingerprint density at radius 1 is 1.19 bits per heavy atom. The van der Waals surface area contributed by atoms with Crippen LogP contribution in [0.1, 0.15) is 45.5 Å². The molecule has 0 aromatic carbocycles. The Balaban J connectivity index is 2.97. The van der Waals surface area contributed by atoms with E-state index in [1.54, 1.807) is 18.5 Å². The van der Waals surface area contributed by atoms with Gasteiger partial charge in [0.1, 0.15) is 4.90 Å². The minimum atomic E-state index is -3.55. The van der Waals surface area contributed by atoms with Crippen molar-refractivity contribution in [2.75, 3.05) is 13.1 Å². The molecule has 0 amide bonds. The van der Waals surface area contributed by atoms with Gasteiger partial charge in [-0.25, -0.2) is 13.1 Å². The van der Waals surface area contributed by atoms with E-state index in [1.807, 2.05) is 20.8 Å². The Hall–Kier alpha value is -0.920. The normalized spacial score (nSPS) is 12.9. The molecular formula is C14H28N4O2S. The molecule has 0 radical (unpaired) electrons. The quantitative estimate of drug-likeness (QED) is 0.749. The van der Waals surface area contributed by atoms with Crippen LogP contribution in [0.4, 0.5) is 0 Å². The van der Waals surface area contributed by atoms with Crippen LogP contribution in [-0.4, -0.2) is 36.8 Å². The van der Waals surface area contributed by atoms with Gasteiger partial charge in [0.25, 0.3) is 0 Å². The Morgan fingerprint density at radius 2 is 1.81 bits per heavy atom. The summed E-state index contributed by atoms with van der Waals surface area (Å²) in [5.74, 6) is 0. The van der Waals surface area contributed by atoms with Crippen molar-refractivity contribution in [3.05, 3.63) is 11.4 Å². The van der Waals surface area contributed by atoms with E-state index in [-0.39, 0.29) is 0 Å². The molecule has 0 aliphatic rings. The molecular weight excluding hydrogens is 288 g/mol. The highest BCUT2D eigenvalue weighted by Gasteiger charge is 2.28. The Bertz CT molecular complexity index is 571. The third-order valence-electron chi connectivity index (χ3n) is 2.95. The van der Waals surface area contributed by atoms with Crippen LogP contribution in [0.15, 0.2) is 4.90 Å². The van der Waals surface area contributed by atoms with Crippen molar-refractivity contribution >= 4 is 10.0 Å². The summed E-state index contributed by atoms with van der Waals surface area (Å²) in [6.45, 7) is 13.5. The minimum absolute atomic E-state index is 0.299. The summed E-state index contributed by atoms with van der Waals surface area (Å²) < 4.78 is 29.4. The van der Waals surface area contributed by atoms with Crippen LogP contribution in [0.2, 0.25) is 0 Å². The van der Waals surface area contributed by atoms with Crippen LogP contribution in [0.25, 0.3) is 0 Å². The van der Waals surface area contributed by atoms with Gasteiger partial charge in [-0.3, -0.25) is 4.68 Å². The van der Waals surface area contributed by atoms with Crippen LogP contribution in [0, 0.1) is 13.8 Å². The lowest BCUT2D eigenvalue weighted by Crippen LogP contribution is -2.40. The zero-order valence-electron chi connectivity index (χ0n) is 13.9. The molecule has 0 bridgehead atoms. The Morgan fingerprint density at radius 3 is 2.33 bits per heavy atom. The molecule has 21 heavy (non-hydrogen) atoms. The van der Waals surface area contributed by atoms with Crippen molar-refractivity contribution in [2.45, 2.75) is 64.9 Å². The minimum Gasteiger partial charge on any atom is -0.315 e. The third kappa shape index (κ3) is 5.09. The molecule has 0 aliphatic heterocycles. The van der Waals surface area contributed by atoms with E-state index < -0.39 is 15.6 Å². The number of hydrogen-bond acceptors (Lipinski definition) is 4. The van der Waals surface area contributed by atoms with Gasteiger partial charge in [0, 0.05) is 12.1 Å². The van der Waals surface area contributed by atoms with Crippen LogP contribution < -0.4 is 10.0 Å². The molecule has 0 saturated carbocycles. The molecule has 1 aromatic rings. The zero-order valence-corrected chi connectivity index (χ0v) is 14.8. The first-order valence-electron chi connectivity index (χ1n) is 7.37. The summed E-state index contributed by atoms with van der Waals surface area (Å²) in [5, 5.41) is 7.65. The monoisotopic (exact) mass is 316 g/mol. The van der Waals surface area contributed by atoms with Gasteiger partial charge in [0.05, 0.1) is 17.9 Å². The maximum Gasteiger partial charge on any atom is 0.244 e. The van der Waals surface area contributed by atoms with Crippen LogP contribution in [0.3, 0.4) is 0 Å². The van der Waals surface area contributed by atoms with E-state index in [0.29, 0.717) is 22.8 Å². The third-order valence-corrected chi connectivity index (χ3v) is 4.96. The molecule has 1 heterocycles. The van der Waals surface area contributed by atoms with E-state index in [9.17, 15) is 8.42 Å². The lowest BCUT2D eigenvalue weighted by atomic mass is 10.1. The first-order valence-corrected chi connectivity index (χ1v) is 8.85. The lowest BCUT2D eigenvalue weighted by molar-refractivity contribution is 0.490. The molecule has 2 N–H and O–H groups in total. The predicted octanol–water partition coefficient (Wildman–Crippen LogP) is 1.58. The SMILES string of the molecule is CCCNCCn1nc(C)c(S(=O)(=O)NC(C)(C)C)c1C. The summed E-state index contributed by atoms with van der Waals surface area (Å²) in [7, 11) is -3.55. The molecule has 7 heteroatoms. The summed E-state index contributed by atoms with van der Waals surface area (Å²) in [6.07, 6.45) is 1.08. The summed E-state index contributed by atoms with van der Waals surface area (Å²) in [5.41, 5.74) is 0.713. The van der Waals surface area contributed by atoms with E-state index >= 15 is 0 Å². The predicted molar refractivity (Wildman–Crippen MR) is 84.9 cm³/mol. The van der Waals surface area contributed by atoms with Crippen LogP contribution in [0.5, 0.6) is 0 Å². The molecule has 0 saturated heterocycles. The van der Waals surface area contributed by atoms with Gasteiger partial charge in [-0.1, -0.05) is 6.92 Å². The number of aromatic nitrogens is 2. The van der Waals surface area contributed by atoms with Gasteiger partial charge in [-0.05, 0) is 47.6 Å². The molecule has 1 rings (SSSR count). The average molecular weight is 316 g/mol. The van der Waals surface area contributed by atoms with Crippen molar-refractivity contribution in [3.63, 3.8) is 0 Å². The molecule has 0 spiro atoms. The summed E-state index contributed by atoms with van der Waals surface area (Å²) >= 11 is 0. The van der Waals surface area contributed by atoms with Crippen molar-refractivity contribution in [1.29, 1.82) is 0 Å². The fourth-order valence-electron chi connectivity index (χ4n) is 2.23. The van der Waals surface area contributed by atoms with E-state index in [0.717, 1.165) is 19.5 Å². The number of rotatable bonds is 7. The molecule has 1 aromatic heterocycles. The second-order valence-electron chi connectivity index (χ2n) is 6.33. The second kappa shape index (κ2) is 6.89. The summed E-state index contributed by atoms with van der Waals surface area (Å²) in [6, 6.07) is 0. The van der Waals surface area contributed by atoms with Gasteiger partial charge in [-0.2, -0.15) is 5.10 Å². The smallest absolute Gasteiger partial charge is 0.244 e. The summed E-state index contributed by atoms with van der Waals surface area (Å²) in [4.78, 5) is 0.299. The Kier molecular flexibility index (Phi) is 5.95. The van der Waals surface area contributed by atoms with Crippen molar-refractivity contribution < 1.29 is 8.42 Å². The highest BCUT2D eigenvalue weighted by molar-refractivity contribution is 7.89. The topological polar surface area (TPSA) is 76.0 Å². The number of nitrogens with zero attached hydrogens (tertiary/aromatic N) is 2. The van der Waals surface area contributed by atoms with E-state index in [1.165, 1.54) is 0 Å². The van der Waals surface area contributed by atoms with Gasteiger partial charge in [0.15, 0.2) is 0 Å². The van der Waals surface area contributed by atoms with Crippen LogP contribution in [-0.2, 0) is 16.6 Å². The maximum absolute atomic E-state index is 12.5. The number of sulfonamides is 1. The largest absolute Gasteiger partial charge is 0.315 e. The van der Waals surface area contributed by atoms with Gasteiger partial charge in [0.2, 0.25) is 10.0 Å². The average Bonchev–Trinajstić information content (AvgIpc) is 2.57. The van der Waals surface area contributed by atoms with Gasteiger partial charge >= 0.3 is 0 Å².